The molecular weight excluding hydrogens is 977 g/mol. The zero-order valence-corrected chi connectivity index (χ0v) is 43.1. The van der Waals surface area contributed by atoms with Crippen LogP contribution in [0.3, 0.4) is 0 Å². The second-order valence-corrected chi connectivity index (χ2v) is 18.7. The average molecular weight is 1050 g/mol. The minimum atomic E-state index is -1.68. The molecule has 0 radical (unpaired) electrons. The van der Waals surface area contributed by atoms with Crippen molar-refractivity contribution in [2.75, 3.05) is 31.1 Å². The quantitative estimate of drug-likeness (QED) is 0.0245. The van der Waals surface area contributed by atoms with E-state index in [2.05, 4.69) is 67.8 Å². The number of primary amides is 2. The number of amides is 10. The standard InChI is InChI=1S/C46H74N12O12S2/c1-5-26(4)39(57-43(67)31(55-40(64)29(47)23-71)19-27-11-7-6-8-12-27)45(69)52-28(15-16-38(62)63)20-37(61)53-32(21-35(48)59)42(66)56-33(24-72)46(70)58-18-10-14-34(58)44(68)54-30(13-9-17-50-25(2)3)41(65)51-22-36(49)60/h6-8,11-12,25-26,28-34,39,50,71-72H,5,9-10,13-24,47H2,1-4H3,(H2,48,59)(H2,49,60)(H,51,65)(H,52,69)(H,53,61)(H,54,68)(H,55,64)(H,56,66)(H,57,67)(H,62,63)/t26-,28-,29-,30-,31-,32-,33-,34-,39-/m0/s1. The van der Waals surface area contributed by atoms with Gasteiger partial charge in [-0.05, 0) is 50.1 Å². The highest BCUT2D eigenvalue weighted by atomic mass is 32.1. The molecule has 9 atom stereocenters. The number of likely N-dealkylation sites (tertiary alicyclic amines) is 1. The third-order valence-electron chi connectivity index (χ3n) is 11.7. The van der Waals surface area contributed by atoms with Gasteiger partial charge in [-0.15, -0.1) is 0 Å². The predicted octanol–water partition coefficient (Wildman–Crippen LogP) is -3.13. The van der Waals surface area contributed by atoms with E-state index in [4.69, 9.17) is 17.2 Å². The minimum absolute atomic E-state index is 0.00870. The molecule has 24 nitrogen and oxygen atoms in total. The molecule has 0 saturated carbocycles. The van der Waals surface area contributed by atoms with Crippen LogP contribution in [0, 0.1) is 5.92 Å². The number of carboxylic acid groups (broad SMARTS) is 1. The van der Waals surface area contributed by atoms with Crippen LogP contribution in [0.5, 0.6) is 0 Å². The molecule has 0 unspecified atom stereocenters. The lowest BCUT2D eigenvalue weighted by Gasteiger charge is -2.30. The van der Waals surface area contributed by atoms with E-state index in [1.165, 1.54) is 4.90 Å². The van der Waals surface area contributed by atoms with Gasteiger partial charge >= 0.3 is 5.97 Å². The van der Waals surface area contributed by atoms with Crippen LogP contribution in [0.4, 0.5) is 0 Å². The molecule has 1 aromatic rings. The van der Waals surface area contributed by atoms with E-state index in [0.717, 1.165) is 0 Å². The van der Waals surface area contributed by atoms with Gasteiger partial charge in [0.2, 0.25) is 59.1 Å². The van der Waals surface area contributed by atoms with Crippen LogP contribution < -0.4 is 59.7 Å². The van der Waals surface area contributed by atoms with Crippen LogP contribution in [0.1, 0.15) is 91.0 Å². The molecule has 402 valence electrons. The second-order valence-electron chi connectivity index (χ2n) is 18.0. The van der Waals surface area contributed by atoms with Crippen molar-refractivity contribution in [3.8, 4) is 0 Å². The lowest BCUT2D eigenvalue weighted by molar-refractivity contribution is -0.142. The largest absolute Gasteiger partial charge is 0.481 e. The summed E-state index contributed by atoms with van der Waals surface area (Å²) in [4.78, 5) is 145. The Hall–Kier alpha value is -5.99. The number of benzene rings is 1. The number of nitrogens with two attached hydrogens (primary N) is 3. The van der Waals surface area contributed by atoms with Crippen LogP contribution in [0.2, 0.25) is 0 Å². The Balaban J connectivity index is 2.27. The van der Waals surface area contributed by atoms with Crippen LogP contribution in [0.15, 0.2) is 30.3 Å². The van der Waals surface area contributed by atoms with Crippen molar-refractivity contribution >= 4 is 90.3 Å². The molecule has 1 aliphatic heterocycles. The third kappa shape index (κ3) is 22.2. The number of nitrogens with zero attached hydrogens (tertiary/aromatic N) is 1. The van der Waals surface area contributed by atoms with Gasteiger partial charge in [0.1, 0.15) is 36.3 Å². The molecule has 1 aliphatic rings. The average Bonchev–Trinajstić information content (AvgIpc) is 3.83. The molecule has 72 heavy (non-hydrogen) atoms. The van der Waals surface area contributed by atoms with Gasteiger partial charge < -0.3 is 69.7 Å². The first-order valence-electron chi connectivity index (χ1n) is 23.9. The van der Waals surface area contributed by atoms with Gasteiger partial charge in [-0.25, -0.2) is 0 Å². The molecule has 2 rings (SSSR count). The monoisotopic (exact) mass is 1050 g/mol. The van der Waals surface area contributed by atoms with E-state index in [-0.39, 0.29) is 49.8 Å². The van der Waals surface area contributed by atoms with Crippen molar-refractivity contribution < 1.29 is 57.8 Å². The van der Waals surface area contributed by atoms with Gasteiger partial charge in [0.15, 0.2) is 0 Å². The number of hydrogen-bond donors (Lipinski definition) is 14. The lowest BCUT2D eigenvalue weighted by Crippen LogP contribution is -2.59. The van der Waals surface area contributed by atoms with E-state index in [9.17, 15) is 57.8 Å². The van der Waals surface area contributed by atoms with Crippen molar-refractivity contribution in [3.05, 3.63) is 35.9 Å². The number of thiol groups is 2. The molecule has 1 saturated heterocycles. The van der Waals surface area contributed by atoms with E-state index in [0.29, 0.717) is 31.4 Å². The molecular formula is C46H74N12O12S2. The first-order chi connectivity index (χ1) is 34.0. The number of rotatable bonds is 33. The summed E-state index contributed by atoms with van der Waals surface area (Å²) in [7, 11) is 0. The van der Waals surface area contributed by atoms with Crippen LogP contribution >= 0.6 is 25.3 Å². The number of carboxylic acids is 1. The number of nitrogens with one attached hydrogen (secondary N) is 8. The Kier molecular flexibility index (Phi) is 27.7. The SMILES string of the molecule is CC[C@H](C)[C@H](NC(=O)[C@H](Cc1ccccc1)NC(=O)[C@@H](N)CS)C(=O)N[C@@H](CCC(=O)O)CC(=O)N[C@@H](CC(N)=O)C(=O)N[C@@H](CS)C(=O)N1CCC[C@H]1C(=O)N[C@@H](CCCNC(C)C)C(=O)NCC(N)=O. The summed E-state index contributed by atoms with van der Waals surface area (Å²) in [6, 6.07) is -0.937. The fourth-order valence-electron chi connectivity index (χ4n) is 7.57. The normalized spacial score (nSPS) is 16.6. The number of hydrogen-bond acceptors (Lipinski definition) is 15. The van der Waals surface area contributed by atoms with Crippen molar-refractivity contribution in [1.29, 1.82) is 0 Å². The molecule has 26 heteroatoms. The van der Waals surface area contributed by atoms with E-state index < -0.39 is 145 Å². The van der Waals surface area contributed by atoms with Crippen molar-refractivity contribution in [2.24, 2.45) is 23.1 Å². The van der Waals surface area contributed by atoms with Gasteiger partial charge in [-0.2, -0.15) is 25.3 Å². The lowest BCUT2D eigenvalue weighted by atomic mass is 9.96. The number of aliphatic carboxylic acids is 1. The first kappa shape index (κ1) is 62.1. The highest BCUT2D eigenvalue weighted by molar-refractivity contribution is 7.80. The van der Waals surface area contributed by atoms with Gasteiger partial charge in [0.05, 0.1) is 19.0 Å². The van der Waals surface area contributed by atoms with Gasteiger partial charge in [0.25, 0.3) is 0 Å². The highest BCUT2D eigenvalue weighted by Crippen LogP contribution is 2.20. The highest BCUT2D eigenvalue weighted by Gasteiger charge is 2.40. The van der Waals surface area contributed by atoms with E-state index >= 15 is 0 Å². The summed E-state index contributed by atoms with van der Waals surface area (Å²) in [5, 5.41) is 30.6. The summed E-state index contributed by atoms with van der Waals surface area (Å²) < 4.78 is 0. The maximum Gasteiger partial charge on any atom is 0.303 e. The molecule has 0 aromatic heterocycles. The Labute approximate surface area is 430 Å². The number of carbonyl (C=O) groups is 11. The van der Waals surface area contributed by atoms with Crippen LogP contribution in [-0.2, 0) is 59.2 Å². The van der Waals surface area contributed by atoms with Crippen LogP contribution in [0.25, 0.3) is 0 Å². The summed E-state index contributed by atoms with van der Waals surface area (Å²) in [5.74, 6) is -10.1. The molecule has 1 fully saturated rings. The summed E-state index contributed by atoms with van der Waals surface area (Å²) >= 11 is 8.32. The second kappa shape index (κ2) is 32.2. The Bertz CT molecular complexity index is 2040. The molecule has 1 aromatic carbocycles. The predicted molar refractivity (Wildman–Crippen MR) is 271 cm³/mol. The zero-order valence-electron chi connectivity index (χ0n) is 41.3. The molecule has 0 spiro atoms. The van der Waals surface area contributed by atoms with Gasteiger partial charge in [0, 0.05) is 49.4 Å². The summed E-state index contributed by atoms with van der Waals surface area (Å²) in [5.41, 5.74) is 17.2. The summed E-state index contributed by atoms with van der Waals surface area (Å²) in [6.45, 7) is 7.50. The smallest absolute Gasteiger partial charge is 0.303 e. The maximum atomic E-state index is 14.0. The maximum absolute atomic E-state index is 14.0. The van der Waals surface area contributed by atoms with Crippen molar-refractivity contribution in [1.82, 2.24) is 47.4 Å². The topological polar surface area (TPSA) is 386 Å². The molecule has 0 aliphatic carbocycles. The van der Waals surface area contributed by atoms with Crippen molar-refractivity contribution in [2.45, 2.75) is 146 Å². The Morgan fingerprint density at radius 1 is 0.736 bits per heavy atom. The van der Waals surface area contributed by atoms with E-state index in [1.54, 1.807) is 44.2 Å². The zero-order chi connectivity index (χ0) is 54.1. The number of carbonyl (C=O) groups excluding carboxylic acids is 10. The molecule has 1 heterocycles. The fraction of sp³-hybridized carbons (Fsp3) is 0.630. The van der Waals surface area contributed by atoms with Gasteiger partial charge in [-0.3, -0.25) is 52.7 Å². The van der Waals surface area contributed by atoms with Gasteiger partial charge in [-0.1, -0.05) is 64.4 Å². The van der Waals surface area contributed by atoms with E-state index in [1.807, 2.05) is 13.8 Å². The first-order valence-corrected chi connectivity index (χ1v) is 25.2. The fourth-order valence-corrected chi connectivity index (χ4v) is 7.98. The van der Waals surface area contributed by atoms with Crippen LogP contribution in [-0.4, -0.2) is 161 Å². The third-order valence-corrected chi connectivity index (χ3v) is 12.5. The molecule has 0 bridgehead atoms. The molecule has 10 amide bonds. The Morgan fingerprint density at radius 3 is 1.97 bits per heavy atom. The minimum Gasteiger partial charge on any atom is -0.481 e. The Morgan fingerprint density at radius 2 is 1.39 bits per heavy atom. The van der Waals surface area contributed by atoms with Crippen molar-refractivity contribution in [3.63, 3.8) is 0 Å². The molecule has 15 N–H and O–H groups in total. The summed E-state index contributed by atoms with van der Waals surface area (Å²) in [6.07, 6.45) is -0.504.